The van der Waals surface area contributed by atoms with Gasteiger partial charge in [0.05, 0.1) is 13.2 Å². The van der Waals surface area contributed by atoms with Gasteiger partial charge in [-0.25, -0.2) is 10.2 Å². The summed E-state index contributed by atoms with van der Waals surface area (Å²) in [5.74, 6) is 0.214. The minimum atomic E-state index is -1.12. The molecule has 1 heterocycles. The van der Waals surface area contributed by atoms with E-state index in [9.17, 15) is 4.79 Å². The average Bonchev–Trinajstić information content (AvgIpc) is 2.03. The van der Waals surface area contributed by atoms with Crippen molar-refractivity contribution in [3.8, 4) is 0 Å². The molecular weight excluding hydrogens is 160 g/mol. The topological polar surface area (TPSA) is 70.9 Å². The van der Waals surface area contributed by atoms with Gasteiger partial charge in [0.15, 0.2) is 0 Å². The van der Waals surface area contributed by atoms with Crippen LogP contribution in [0.4, 0.5) is 4.79 Å². The van der Waals surface area contributed by atoms with Crippen LogP contribution in [-0.2, 0) is 4.74 Å². The number of ether oxygens (including phenoxy) is 1. The zero-order chi connectivity index (χ0) is 8.97. The maximum absolute atomic E-state index is 10.1. The Hall–Kier alpha value is -1.10. The Kier molecular flexibility index (Phi) is 3.04. The molecule has 0 aliphatic carbocycles. The fraction of sp³-hybridized carbons (Fsp3) is 0.714. The van der Waals surface area contributed by atoms with E-state index in [0.29, 0.717) is 19.6 Å². The molecular formula is C7H12N2O3. The van der Waals surface area contributed by atoms with Gasteiger partial charge in [-0.3, -0.25) is 0 Å². The third-order valence-electron chi connectivity index (χ3n) is 1.73. The molecule has 0 saturated carbocycles. The van der Waals surface area contributed by atoms with E-state index in [1.54, 1.807) is 0 Å². The fourth-order valence-electron chi connectivity index (χ4n) is 1.07. The molecule has 1 aliphatic heterocycles. The van der Waals surface area contributed by atoms with E-state index >= 15 is 0 Å². The lowest BCUT2D eigenvalue weighted by Gasteiger charge is -2.20. The summed E-state index contributed by atoms with van der Waals surface area (Å²) >= 11 is 0. The number of hydrogen-bond donors (Lipinski definition) is 2. The molecule has 1 rings (SSSR count). The molecule has 1 fully saturated rings. The van der Waals surface area contributed by atoms with Gasteiger partial charge in [-0.05, 0) is 0 Å². The summed E-state index contributed by atoms with van der Waals surface area (Å²) in [4.78, 5) is 10.1. The smallest absolute Gasteiger partial charge is 0.425 e. The van der Waals surface area contributed by atoms with Crippen LogP contribution in [0.25, 0.3) is 0 Å². The van der Waals surface area contributed by atoms with E-state index in [0.717, 1.165) is 5.71 Å². The Bertz CT molecular complexity index is 203. The van der Waals surface area contributed by atoms with Crippen molar-refractivity contribution in [2.75, 3.05) is 13.2 Å². The van der Waals surface area contributed by atoms with Gasteiger partial charge < -0.3 is 9.84 Å². The number of amides is 1. The summed E-state index contributed by atoms with van der Waals surface area (Å²) in [5.41, 5.74) is 2.86. The summed E-state index contributed by atoms with van der Waals surface area (Å²) < 4.78 is 5.16. The van der Waals surface area contributed by atoms with Crippen LogP contribution in [0.2, 0.25) is 0 Å². The van der Waals surface area contributed by atoms with Crippen molar-refractivity contribution >= 4 is 11.8 Å². The summed E-state index contributed by atoms with van der Waals surface area (Å²) in [7, 11) is 0. The van der Waals surface area contributed by atoms with Crippen molar-refractivity contribution in [2.24, 2.45) is 11.0 Å². The Balaban J connectivity index is 2.47. The van der Waals surface area contributed by atoms with Gasteiger partial charge in [0.2, 0.25) is 0 Å². The van der Waals surface area contributed by atoms with Gasteiger partial charge in [0.25, 0.3) is 0 Å². The maximum Gasteiger partial charge on any atom is 0.425 e. The molecule has 0 aromatic heterocycles. The first-order valence-electron chi connectivity index (χ1n) is 3.83. The van der Waals surface area contributed by atoms with Crippen LogP contribution in [0.15, 0.2) is 5.10 Å². The molecule has 12 heavy (non-hydrogen) atoms. The second kappa shape index (κ2) is 4.06. The van der Waals surface area contributed by atoms with E-state index in [1.807, 2.05) is 12.3 Å². The first-order valence-corrected chi connectivity index (χ1v) is 3.83. The normalized spacial score (nSPS) is 27.1. The van der Waals surface area contributed by atoms with Gasteiger partial charge in [-0.1, -0.05) is 6.92 Å². The second-order valence-corrected chi connectivity index (χ2v) is 2.75. The SMILES string of the molecule is CC1COCCC1=NNC(=O)O. The highest BCUT2D eigenvalue weighted by molar-refractivity contribution is 5.87. The number of carboxylic acid groups (broad SMARTS) is 1. The van der Waals surface area contributed by atoms with E-state index in [1.165, 1.54) is 0 Å². The zero-order valence-corrected chi connectivity index (χ0v) is 6.91. The Labute approximate surface area is 70.4 Å². The van der Waals surface area contributed by atoms with Crippen LogP contribution in [0.5, 0.6) is 0 Å². The molecule has 1 atom stereocenters. The number of nitrogens with one attached hydrogen (secondary N) is 1. The number of hydrogen-bond acceptors (Lipinski definition) is 3. The molecule has 0 spiro atoms. The van der Waals surface area contributed by atoms with Crippen LogP contribution in [0, 0.1) is 5.92 Å². The van der Waals surface area contributed by atoms with E-state index in [4.69, 9.17) is 9.84 Å². The van der Waals surface area contributed by atoms with Crippen LogP contribution < -0.4 is 5.43 Å². The van der Waals surface area contributed by atoms with E-state index in [-0.39, 0.29) is 5.92 Å². The van der Waals surface area contributed by atoms with Crippen LogP contribution >= 0.6 is 0 Å². The summed E-state index contributed by atoms with van der Waals surface area (Å²) in [5, 5.41) is 12.0. The molecule has 2 N–H and O–H groups in total. The van der Waals surface area contributed by atoms with Crippen molar-refractivity contribution < 1.29 is 14.6 Å². The number of nitrogens with zero attached hydrogens (tertiary/aromatic N) is 1. The van der Waals surface area contributed by atoms with Crippen molar-refractivity contribution in [3.63, 3.8) is 0 Å². The number of hydrazone groups is 1. The third kappa shape index (κ3) is 2.50. The predicted molar refractivity (Wildman–Crippen MR) is 43.2 cm³/mol. The van der Waals surface area contributed by atoms with Crippen LogP contribution in [-0.4, -0.2) is 30.1 Å². The second-order valence-electron chi connectivity index (χ2n) is 2.75. The van der Waals surface area contributed by atoms with Gasteiger partial charge in [0.1, 0.15) is 0 Å². The van der Waals surface area contributed by atoms with Gasteiger partial charge >= 0.3 is 6.09 Å². The lowest BCUT2D eigenvalue weighted by atomic mass is 10.0. The molecule has 1 amide bonds. The number of carbonyl (C=O) groups is 1. The molecule has 0 aromatic carbocycles. The lowest BCUT2D eigenvalue weighted by Crippen LogP contribution is -2.28. The minimum Gasteiger partial charge on any atom is -0.464 e. The lowest BCUT2D eigenvalue weighted by molar-refractivity contribution is 0.110. The van der Waals surface area contributed by atoms with Crippen molar-refractivity contribution in [2.45, 2.75) is 13.3 Å². The molecule has 0 bridgehead atoms. The molecule has 1 saturated heterocycles. The Morgan fingerprint density at radius 3 is 3.17 bits per heavy atom. The first kappa shape index (κ1) is 8.99. The van der Waals surface area contributed by atoms with E-state index < -0.39 is 6.09 Å². The molecule has 1 aliphatic rings. The van der Waals surface area contributed by atoms with Gasteiger partial charge in [-0.2, -0.15) is 5.10 Å². The molecule has 0 aromatic rings. The Morgan fingerprint density at radius 2 is 2.58 bits per heavy atom. The highest BCUT2D eigenvalue weighted by Crippen LogP contribution is 2.09. The molecule has 5 heteroatoms. The predicted octanol–water partition coefficient (Wildman–Crippen LogP) is 0.666. The third-order valence-corrected chi connectivity index (χ3v) is 1.73. The largest absolute Gasteiger partial charge is 0.464 e. The highest BCUT2D eigenvalue weighted by atomic mass is 16.5. The van der Waals surface area contributed by atoms with Crippen LogP contribution in [0.1, 0.15) is 13.3 Å². The Morgan fingerprint density at radius 1 is 1.83 bits per heavy atom. The first-order chi connectivity index (χ1) is 5.70. The standard InChI is InChI=1S/C7H12N2O3/c1-5-4-12-3-2-6(5)8-9-7(10)11/h5,9H,2-4H2,1H3,(H,10,11). The monoisotopic (exact) mass is 172 g/mol. The van der Waals surface area contributed by atoms with E-state index in [2.05, 4.69) is 5.10 Å². The van der Waals surface area contributed by atoms with Crippen molar-refractivity contribution in [3.05, 3.63) is 0 Å². The molecule has 68 valence electrons. The molecule has 5 nitrogen and oxygen atoms in total. The van der Waals surface area contributed by atoms with Crippen LogP contribution in [0.3, 0.4) is 0 Å². The minimum absolute atomic E-state index is 0.214. The quantitative estimate of drug-likeness (QED) is 0.571. The summed E-state index contributed by atoms with van der Waals surface area (Å²) in [6.45, 7) is 3.21. The zero-order valence-electron chi connectivity index (χ0n) is 6.91. The number of rotatable bonds is 1. The fourth-order valence-corrected chi connectivity index (χ4v) is 1.07. The molecule has 0 radical (unpaired) electrons. The summed E-state index contributed by atoms with van der Waals surface area (Å²) in [6, 6.07) is 0. The molecule has 1 unspecified atom stereocenters. The summed E-state index contributed by atoms with van der Waals surface area (Å²) in [6.07, 6.45) is -0.414. The van der Waals surface area contributed by atoms with Crippen molar-refractivity contribution in [1.29, 1.82) is 0 Å². The van der Waals surface area contributed by atoms with Gasteiger partial charge in [0, 0.05) is 18.1 Å². The average molecular weight is 172 g/mol. The highest BCUT2D eigenvalue weighted by Gasteiger charge is 2.16. The van der Waals surface area contributed by atoms with Crippen molar-refractivity contribution in [1.82, 2.24) is 5.43 Å². The maximum atomic E-state index is 10.1. The van der Waals surface area contributed by atoms with Gasteiger partial charge in [-0.15, -0.1) is 0 Å².